The standard InChI is InChI=1S/C22H18Cl2N2O6S/c1-2-7-32-21(30)14-10-13(4-5-15(14)23)25-19(28)11-26-20(29)18(33-22(26)31)9-12-3-6-17(27)16(24)8-12/h3-6,8-10,27H,2,7,11H2,1H3,(H,25,28)/b18-9+. The number of ether oxygens (including phenoxy) is 1. The Labute approximate surface area is 203 Å². The molecule has 0 radical (unpaired) electrons. The van der Waals surface area contributed by atoms with Gasteiger partial charge in [-0.25, -0.2) is 4.79 Å². The topological polar surface area (TPSA) is 113 Å². The van der Waals surface area contributed by atoms with Crippen molar-refractivity contribution in [2.75, 3.05) is 18.5 Å². The van der Waals surface area contributed by atoms with Crippen LogP contribution in [0.5, 0.6) is 5.75 Å². The van der Waals surface area contributed by atoms with Gasteiger partial charge in [-0.2, -0.15) is 0 Å². The predicted molar refractivity (Wildman–Crippen MR) is 126 cm³/mol. The molecule has 11 heteroatoms. The molecular weight excluding hydrogens is 491 g/mol. The second-order valence-electron chi connectivity index (χ2n) is 6.86. The van der Waals surface area contributed by atoms with Gasteiger partial charge in [0.2, 0.25) is 5.91 Å². The van der Waals surface area contributed by atoms with Gasteiger partial charge in [0, 0.05) is 5.69 Å². The molecule has 0 spiro atoms. The number of hydrogen-bond donors (Lipinski definition) is 2. The Bertz CT molecular complexity index is 1170. The monoisotopic (exact) mass is 508 g/mol. The van der Waals surface area contributed by atoms with E-state index in [4.69, 9.17) is 27.9 Å². The number of halogens is 2. The van der Waals surface area contributed by atoms with Crippen molar-refractivity contribution in [1.29, 1.82) is 0 Å². The molecule has 1 aliphatic heterocycles. The van der Waals surface area contributed by atoms with E-state index in [1.54, 1.807) is 0 Å². The summed E-state index contributed by atoms with van der Waals surface area (Å²) in [6, 6.07) is 8.63. The first-order valence-electron chi connectivity index (χ1n) is 9.70. The van der Waals surface area contributed by atoms with Gasteiger partial charge in [0.1, 0.15) is 12.3 Å². The average Bonchev–Trinajstić information content (AvgIpc) is 3.03. The van der Waals surface area contributed by atoms with Crippen molar-refractivity contribution >= 4 is 69.8 Å². The Morgan fingerprint density at radius 1 is 1.15 bits per heavy atom. The molecule has 2 aromatic carbocycles. The summed E-state index contributed by atoms with van der Waals surface area (Å²) in [5.41, 5.74) is 0.857. The minimum atomic E-state index is -0.638. The highest BCUT2D eigenvalue weighted by molar-refractivity contribution is 8.18. The van der Waals surface area contributed by atoms with Crippen LogP contribution >= 0.6 is 35.0 Å². The van der Waals surface area contributed by atoms with Crippen LogP contribution in [0.3, 0.4) is 0 Å². The van der Waals surface area contributed by atoms with Crippen molar-refractivity contribution in [2.45, 2.75) is 13.3 Å². The Balaban J connectivity index is 1.68. The minimum Gasteiger partial charge on any atom is -0.506 e. The van der Waals surface area contributed by atoms with Gasteiger partial charge in [-0.1, -0.05) is 36.2 Å². The molecule has 0 aromatic heterocycles. The maximum Gasteiger partial charge on any atom is 0.339 e. The number of rotatable bonds is 7. The second-order valence-corrected chi connectivity index (χ2v) is 8.67. The van der Waals surface area contributed by atoms with Crippen molar-refractivity contribution in [3.05, 3.63) is 62.5 Å². The van der Waals surface area contributed by atoms with Crippen LogP contribution in [0.15, 0.2) is 41.3 Å². The van der Waals surface area contributed by atoms with Crippen LogP contribution in [0, 0.1) is 0 Å². The van der Waals surface area contributed by atoms with Crippen LogP contribution in [0.25, 0.3) is 6.08 Å². The quantitative estimate of drug-likeness (QED) is 0.402. The van der Waals surface area contributed by atoms with Crippen LogP contribution in [-0.4, -0.2) is 46.2 Å². The fourth-order valence-electron chi connectivity index (χ4n) is 2.78. The summed E-state index contributed by atoms with van der Waals surface area (Å²) < 4.78 is 5.06. The molecule has 3 rings (SSSR count). The van der Waals surface area contributed by atoms with Gasteiger partial charge in [-0.05, 0) is 60.2 Å². The van der Waals surface area contributed by atoms with Gasteiger partial charge >= 0.3 is 5.97 Å². The number of nitrogens with one attached hydrogen (secondary N) is 1. The molecule has 1 fully saturated rings. The SMILES string of the molecule is CCCOC(=O)c1cc(NC(=O)CN2C(=O)S/C(=C/c3ccc(O)c(Cl)c3)C2=O)ccc1Cl. The van der Waals surface area contributed by atoms with Crippen LogP contribution in [0.1, 0.15) is 29.3 Å². The van der Waals surface area contributed by atoms with E-state index in [1.165, 1.54) is 42.5 Å². The van der Waals surface area contributed by atoms with Gasteiger partial charge in [-0.3, -0.25) is 19.3 Å². The van der Waals surface area contributed by atoms with Gasteiger partial charge in [0.05, 0.1) is 27.1 Å². The molecule has 33 heavy (non-hydrogen) atoms. The molecule has 3 amide bonds. The normalized spacial score (nSPS) is 14.6. The summed E-state index contributed by atoms with van der Waals surface area (Å²) in [5, 5.41) is 11.7. The Kier molecular flexibility index (Phi) is 8.01. The molecule has 0 saturated carbocycles. The number of imide groups is 1. The number of thioether (sulfide) groups is 1. The first-order chi connectivity index (χ1) is 15.7. The minimum absolute atomic E-state index is 0.0876. The highest BCUT2D eigenvalue weighted by atomic mass is 35.5. The van der Waals surface area contributed by atoms with Crippen molar-refractivity contribution in [1.82, 2.24) is 4.90 Å². The van der Waals surface area contributed by atoms with Gasteiger partial charge < -0.3 is 15.2 Å². The van der Waals surface area contributed by atoms with Crippen LogP contribution in [0.4, 0.5) is 10.5 Å². The molecule has 0 bridgehead atoms. The molecule has 1 heterocycles. The smallest absolute Gasteiger partial charge is 0.339 e. The molecular formula is C22H18Cl2N2O6S. The van der Waals surface area contributed by atoms with Crippen LogP contribution < -0.4 is 5.32 Å². The number of esters is 1. The molecule has 0 unspecified atom stereocenters. The van der Waals surface area contributed by atoms with E-state index in [2.05, 4.69) is 5.32 Å². The molecule has 2 N–H and O–H groups in total. The fourth-order valence-corrected chi connectivity index (χ4v) is 4.00. The molecule has 8 nitrogen and oxygen atoms in total. The van der Waals surface area contributed by atoms with E-state index in [0.29, 0.717) is 23.7 Å². The molecule has 1 saturated heterocycles. The van der Waals surface area contributed by atoms with Gasteiger partial charge in [-0.15, -0.1) is 0 Å². The summed E-state index contributed by atoms with van der Waals surface area (Å²) >= 11 is 12.6. The number of benzene rings is 2. The van der Waals surface area contributed by atoms with E-state index in [1.807, 2.05) is 6.92 Å². The predicted octanol–water partition coefficient (Wildman–Crippen LogP) is 4.94. The molecule has 0 aliphatic carbocycles. The first kappa shape index (κ1) is 24.6. The Morgan fingerprint density at radius 3 is 2.61 bits per heavy atom. The summed E-state index contributed by atoms with van der Waals surface area (Å²) in [5.74, 6) is -2.00. The number of amides is 3. The second kappa shape index (κ2) is 10.7. The maximum absolute atomic E-state index is 12.6. The number of nitrogens with zero attached hydrogens (tertiary/aromatic N) is 1. The molecule has 1 aliphatic rings. The summed E-state index contributed by atoms with van der Waals surface area (Å²) in [6.45, 7) is 1.57. The summed E-state index contributed by atoms with van der Waals surface area (Å²) in [4.78, 5) is 50.4. The fraction of sp³-hybridized carbons (Fsp3) is 0.182. The van der Waals surface area contributed by atoms with Crippen molar-refractivity contribution in [3.63, 3.8) is 0 Å². The third-order valence-corrected chi connectivity index (χ3v) is 5.89. The lowest BCUT2D eigenvalue weighted by Crippen LogP contribution is -2.36. The molecule has 0 atom stereocenters. The van der Waals surface area contributed by atoms with E-state index >= 15 is 0 Å². The van der Waals surface area contributed by atoms with E-state index in [9.17, 15) is 24.3 Å². The zero-order valence-corrected chi connectivity index (χ0v) is 19.6. The lowest BCUT2D eigenvalue weighted by atomic mass is 10.2. The average molecular weight is 509 g/mol. The zero-order valence-electron chi connectivity index (χ0n) is 17.3. The van der Waals surface area contributed by atoms with Gasteiger partial charge in [0.15, 0.2) is 0 Å². The highest BCUT2D eigenvalue weighted by Gasteiger charge is 2.36. The highest BCUT2D eigenvalue weighted by Crippen LogP contribution is 2.33. The van der Waals surface area contributed by atoms with E-state index in [0.717, 1.165) is 4.90 Å². The Morgan fingerprint density at radius 2 is 1.91 bits per heavy atom. The van der Waals surface area contributed by atoms with Crippen molar-refractivity contribution < 1.29 is 29.0 Å². The zero-order chi connectivity index (χ0) is 24.1. The number of aromatic hydroxyl groups is 1. The van der Waals surface area contributed by atoms with E-state index in [-0.39, 0.29) is 38.6 Å². The van der Waals surface area contributed by atoms with Crippen LogP contribution in [-0.2, 0) is 14.3 Å². The number of carbonyl (C=O) groups is 4. The number of carbonyl (C=O) groups excluding carboxylic acids is 4. The maximum atomic E-state index is 12.6. The third-order valence-electron chi connectivity index (χ3n) is 4.35. The van der Waals surface area contributed by atoms with Crippen molar-refractivity contribution in [2.24, 2.45) is 0 Å². The molecule has 172 valence electrons. The third kappa shape index (κ3) is 6.07. The number of anilines is 1. The van der Waals surface area contributed by atoms with Crippen molar-refractivity contribution in [3.8, 4) is 5.75 Å². The summed E-state index contributed by atoms with van der Waals surface area (Å²) in [7, 11) is 0. The number of phenolic OH excluding ortho intramolecular Hbond substituents is 1. The van der Waals surface area contributed by atoms with Gasteiger partial charge in [0.25, 0.3) is 11.1 Å². The molecule has 2 aromatic rings. The Hall–Kier alpha value is -3.01. The lowest BCUT2D eigenvalue weighted by Gasteiger charge is -2.13. The number of hydrogen-bond acceptors (Lipinski definition) is 7. The van der Waals surface area contributed by atoms with E-state index < -0.39 is 29.6 Å². The largest absolute Gasteiger partial charge is 0.506 e. The summed E-state index contributed by atoms with van der Waals surface area (Å²) in [6.07, 6.45) is 2.09. The van der Waals surface area contributed by atoms with Crippen LogP contribution in [0.2, 0.25) is 10.0 Å². The first-order valence-corrected chi connectivity index (χ1v) is 11.3. The number of phenols is 1. The lowest BCUT2D eigenvalue weighted by molar-refractivity contribution is -0.127.